The fourth-order valence-corrected chi connectivity index (χ4v) is 2.79. The molecule has 1 aromatic rings. The van der Waals surface area contributed by atoms with Crippen molar-refractivity contribution in [1.29, 1.82) is 0 Å². The Morgan fingerprint density at radius 1 is 1.24 bits per heavy atom. The standard InChI is InChI=1S/C15H16O2/c1-10-7-8-12-13(9-14(16)15(12)17-10)11-5-3-2-4-6-11/h2-6,10,13H,7-9H2,1H3. The van der Waals surface area contributed by atoms with E-state index in [1.54, 1.807) is 0 Å². The van der Waals surface area contributed by atoms with Crippen molar-refractivity contribution in [3.8, 4) is 0 Å². The van der Waals surface area contributed by atoms with Gasteiger partial charge in [-0.1, -0.05) is 30.3 Å². The number of hydrogen-bond donors (Lipinski definition) is 0. The van der Waals surface area contributed by atoms with Gasteiger partial charge in [-0.05, 0) is 30.9 Å². The van der Waals surface area contributed by atoms with Crippen LogP contribution in [-0.2, 0) is 9.53 Å². The normalized spacial score (nSPS) is 27.9. The maximum atomic E-state index is 12.0. The van der Waals surface area contributed by atoms with Gasteiger partial charge in [-0.3, -0.25) is 4.79 Å². The van der Waals surface area contributed by atoms with Crippen LogP contribution in [0.15, 0.2) is 41.7 Å². The summed E-state index contributed by atoms with van der Waals surface area (Å²) in [5, 5.41) is 0. The second kappa shape index (κ2) is 4.02. The van der Waals surface area contributed by atoms with Crippen LogP contribution in [0.5, 0.6) is 0 Å². The average Bonchev–Trinajstić information content (AvgIpc) is 2.68. The summed E-state index contributed by atoms with van der Waals surface area (Å²) < 4.78 is 5.70. The zero-order chi connectivity index (χ0) is 11.8. The average molecular weight is 228 g/mol. The van der Waals surface area contributed by atoms with Gasteiger partial charge in [0.15, 0.2) is 11.5 Å². The fourth-order valence-electron chi connectivity index (χ4n) is 2.79. The van der Waals surface area contributed by atoms with Gasteiger partial charge in [-0.2, -0.15) is 0 Å². The highest BCUT2D eigenvalue weighted by molar-refractivity contribution is 5.98. The SMILES string of the molecule is CC1CCC2=C(O1)C(=O)CC2c1ccccc1. The minimum atomic E-state index is 0.181. The molecule has 2 nitrogen and oxygen atoms in total. The molecule has 0 spiro atoms. The Morgan fingerprint density at radius 3 is 2.76 bits per heavy atom. The van der Waals surface area contributed by atoms with Gasteiger partial charge < -0.3 is 4.74 Å². The molecule has 1 aliphatic heterocycles. The van der Waals surface area contributed by atoms with Crippen LogP contribution >= 0.6 is 0 Å². The van der Waals surface area contributed by atoms with E-state index in [-0.39, 0.29) is 17.8 Å². The van der Waals surface area contributed by atoms with Crippen molar-refractivity contribution in [1.82, 2.24) is 0 Å². The van der Waals surface area contributed by atoms with Crippen molar-refractivity contribution in [2.75, 3.05) is 0 Å². The van der Waals surface area contributed by atoms with Crippen LogP contribution in [-0.4, -0.2) is 11.9 Å². The second-order valence-electron chi connectivity index (χ2n) is 4.91. The molecule has 0 radical (unpaired) electrons. The van der Waals surface area contributed by atoms with Crippen molar-refractivity contribution in [2.24, 2.45) is 0 Å². The Kier molecular flexibility index (Phi) is 2.50. The minimum absolute atomic E-state index is 0.181. The molecule has 17 heavy (non-hydrogen) atoms. The quantitative estimate of drug-likeness (QED) is 0.737. The van der Waals surface area contributed by atoms with Crippen LogP contribution in [0.1, 0.15) is 37.7 Å². The van der Waals surface area contributed by atoms with Gasteiger partial charge in [0.25, 0.3) is 0 Å². The van der Waals surface area contributed by atoms with Gasteiger partial charge in [0.05, 0.1) is 6.10 Å². The first-order valence-electron chi connectivity index (χ1n) is 6.23. The van der Waals surface area contributed by atoms with Crippen molar-refractivity contribution in [3.05, 3.63) is 47.2 Å². The number of allylic oxidation sites excluding steroid dienone is 2. The molecule has 0 saturated carbocycles. The van der Waals surface area contributed by atoms with E-state index in [0.717, 1.165) is 12.8 Å². The fraction of sp³-hybridized carbons (Fsp3) is 0.400. The monoisotopic (exact) mass is 228 g/mol. The number of rotatable bonds is 1. The second-order valence-corrected chi connectivity index (χ2v) is 4.91. The zero-order valence-electron chi connectivity index (χ0n) is 9.98. The summed E-state index contributed by atoms with van der Waals surface area (Å²) in [4.78, 5) is 12.0. The van der Waals surface area contributed by atoms with E-state index in [1.807, 2.05) is 25.1 Å². The van der Waals surface area contributed by atoms with Crippen LogP contribution in [0.25, 0.3) is 0 Å². The van der Waals surface area contributed by atoms with E-state index in [4.69, 9.17) is 4.74 Å². The molecular weight excluding hydrogens is 212 g/mol. The summed E-state index contributed by atoms with van der Waals surface area (Å²) in [6.07, 6.45) is 2.80. The molecule has 2 aliphatic rings. The highest BCUT2D eigenvalue weighted by Gasteiger charge is 2.37. The van der Waals surface area contributed by atoms with Crippen LogP contribution in [0.4, 0.5) is 0 Å². The third-order valence-electron chi connectivity index (χ3n) is 3.70. The van der Waals surface area contributed by atoms with E-state index in [1.165, 1.54) is 11.1 Å². The Bertz CT molecular complexity index is 473. The van der Waals surface area contributed by atoms with Gasteiger partial charge in [0.1, 0.15) is 0 Å². The molecule has 0 saturated heterocycles. The Balaban J connectivity index is 1.97. The molecular formula is C15H16O2. The van der Waals surface area contributed by atoms with Crippen LogP contribution in [0, 0.1) is 0 Å². The highest BCUT2D eigenvalue weighted by atomic mass is 16.5. The number of carbonyl (C=O) groups excluding carboxylic acids is 1. The lowest BCUT2D eigenvalue weighted by molar-refractivity contribution is -0.119. The minimum Gasteiger partial charge on any atom is -0.487 e. The Labute approximate surface area is 101 Å². The zero-order valence-corrected chi connectivity index (χ0v) is 9.98. The molecule has 1 aromatic carbocycles. The van der Waals surface area contributed by atoms with Gasteiger partial charge in [-0.15, -0.1) is 0 Å². The molecule has 0 bridgehead atoms. The van der Waals surface area contributed by atoms with Gasteiger partial charge >= 0.3 is 0 Å². The topological polar surface area (TPSA) is 26.3 Å². The maximum absolute atomic E-state index is 12.0. The van der Waals surface area contributed by atoms with Gasteiger partial charge in [-0.25, -0.2) is 0 Å². The number of hydrogen-bond acceptors (Lipinski definition) is 2. The Hall–Kier alpha value is -1.57. The van der Waals surface area contributed by atoms with Crippen molar-refractivity contribution >= 4 is 5.78 Å². The largest absolute Gasteiger partial charge is 0.487 e. The summed E-state index contributed by atoms with van der Waals surface area (Å²) in [6.45, 7) is 2.03. The van der Waals surface area contributed by atoms with E-state index in [9.17, 15) is 4.79 Å². The lowest BCUT2D eigenvalue weighted by atomic mass is 9.89. The molecule has 0 fully saturated rings. The third-order valence-corrected chi connectivity index (χ3v) is 3.70. The Morgan fingerprint density at radius 2 is 2.00 bits per heavy atom. The van der Waals surface area contributed by atoms with Crippen LogP contribution in [0.2, 0.25) is 0 Å². The third kappa shape index (κ3) is 1.78. The predicted molar refractivity (Wildman–Crippen MR) is 65.6 cm³/mol. The molecule has 0 N–H and O–H groups in total. The summed E-state index contributed by atoms with van der Waals surface area (Å²) in [5.41, 5.74) is 2.46. The predicted octanol–water partition coefficient (Wildman–Crippen LogP) is 3.20. The maximum Gasteiger partial charge on any atom is 0.198 e. The highest BCUT2D eigenvalue weighted by Crippen LogP contribution is 2.43. The number of ether oxygens (including phenoxy) is 1. The smallest absolute Gasteiger partial charge is 0.198 e. The molecule has 0 aromatic heterocycles. The number of ketones is 1. The molecule has 2 heteroatoms. The number of Topliss-reactive ketones (excluding diaryl/α,β-unsaturated/α-hetero) is 1. The van der Waals surface area contributed by atoms with E-state index in [2.05, 4.69) is 12.1 Å². The molecule has 1 heterocycles. The molecule has 1 aliphatic carbocycles. The summed E-state index contributed by atoms with van der Waals surface area (Å²) in [6, 6.07) is 10.3. The first kappa shape index (κ1) is 10.6. The van der Waals surface area contributed by atoms with Gasteiger partial charge in [0, 0.05) is 12.3 Å². The van der Waals surface area contributed by atoms with Crippen molar-refractivity contribution in [2.45, 2.75) is 38.2 Å². The first-order valence-corrected chi connectivity index (χ1v) is 6.23. The molecule has 2 atom stereocenters. The van der Waals surface area contributed by atoms with Crippen molar-refractivity contribution in [3.63, 3.8) is 0 Å². The molecule has 0 amide bonds. The van der Waals surface area contributed by atoms with E-state index < -0.39 is 0 Å². The van der Waals surface area contributed by atoms with Gasteiger partial charge in [0.2, 0.25) is 0 Å². The number of carbonyl (C=O) groups is 1. The van der Waals surface area contributed by atoms with E-state index in [0.29, 0.717) is 12.2 Å². The molecule has 3 rings (SSSR count). The van der Waals surface area contributed by atoms with Crippen molar-refractivity contribution < 1.29 is 9.53 Å². The summed E-state index contributed by atoms with van der Waals surface area (Å²) in [5.74, 6) is 1.10. The van der Waals surface area contributed by atoms with Crippen LogP contribution < -0.4 is 0 Å². The lowest BCUT2D eigenvalue weighted by Crippen LogP contribution is -2.16. The van der Waals surface area contributed by atoms with Crippen LogP contribution in [0.3, 0.4) is 0 Å². The summed E-state index contributed by atoms with van der Waals surface area (Å²) >= 11 is 0. The molecule has 2 unspecified atom stereocenters. The van der Waals surface area contributed by atoms with E-state index >= 15 is 0 Å². The molecule has 88 valence electrons. The number of benzene rings is 1. The lowest BCUT2D eigenvalue weighted by Gasteiger charge is -2.23. The summed E-state index contributed by atoms with van der Waals surface area (Å²) in [7, 11) is 0. The first-order chi connectivity index (χ1) is 8.25.